The highest BCUT2D eigenvalue weighted by atomic mass is 16.6. The number of carbonyl (C=O) groups is 2. The van der Waals surface area contributed by atoms with E-state index in [2.05, 4.69) is 6.07 Å². The van der Waals surface area contributed by atoms with E-state index in [4.69, 9.17) is 9.47 Å². The summed E-state index contributed by atoms with van der Waals surface area (Å²) in [5.41, 5.74) is 2.77. The smallest absolute Gasteiger partial charge is 0.410 e. The van der Waals surface area contributed by atoms with Gasteiger partial charge in [-0.15, -0.1) is 0 Å². The number of amides is 1. The van der Waals surface area contributed by atoms with E-state index < -0.39 is 5.60 Å². The molecule has 5 heteroatoms. The Labute approximate surface area is 143 Å². The first-order valence-corrected chi connectivity index (χ1v) is 8.23. The fraction of sp³-hybridized carbons (Fsp3) is 0.474. The van der Waals surface area contributed by atoms with Crippen LogP contribution in [0.3, 0.4) is 0 Å². The van der Waals surface area contributed by atoms with E-state index in [1.165, 1.54) is 11.6 Å². The van der Waals surface area contributed by atoms with E-state index >= 15 is 0 Å². The molecule has 0 aliphatic carbocycles. The van der Waals surface area contributed by atoms with Gasteiger partial charge in [-0.3, -0.25) is 0 Å². The first-order valence-electron chi connectivity index (χ1n) is 8.23. The van der Waals surface area contributed by atoms with Crippen molar-refractivity contribution in [1.29, 1.82) is 0 Å². The summed E-state index contributed by atoms with van der Waals surface area (Å²) in [7, 11) is 0. The molecule has 0 unspecified atom stereocenters. The fourth-order valence-corrected chi connectivity index (χ4v) is 2.51. The average molecular weight is 331 g/mol. The van der Waals surface area contributed by atoms with Gasteiger partial charge in [0.15, 0.2) is 0 Å². The maximum Gasteiger partial charge on any atom is 0.410 e. The average Bonchev–Trinajstić information content (AvgIpc) is 2.51. The van der Waals surface area contributed by atoms with Gasteiger partial charge in [0.1, 0.15) is 5.60 Å². The van der Waals surface area contributed by atoms with Crippen LogP contribution in [0.15, 0.2) is 24.3 Å². The van der Waals surface area contributed by atoms with Gasteiger partial charge in [-0.05, 0) is 56.9 Å². The lowest BCUT2D eigenvalue weighted by molar-refractivity contribution is -0.137. The molecule has 1 aromatic rings. The van der Waals surface area contributed by atoms with Crippen molar-refractivity contribution in [2.75, 3.05) is 13.2 Å². The Balaban J connectivity index is 2.04. The summed E-state index contributed by atoms with van der Waals surface area (Å²) in [5.74, 6) is -0.341. The van der Waals surface area contributed by atoms with E-state index in [9.17, 15) is 9.59 Å². The second-order valence-electron chi connectivity index (χ2n) is 6.77. The molecular weight excluding hydrogens is 306 g/mol. The summed E-state index contributed by atoms with van der Waals surface area (Å²) < 4.78 is 10.3. The highest BCUT2D eigenvalue weighted by Crippen LogP contribution is 2.22. The number of ether oxygens (including phenoxy) is 2. The van der Waals surface area contributed by atoms with Crippen LogP contribution in [0, 0.1) is 0 Å². The standard InChI is InChI=1S/C19H25NO4/c1-5-23-17(21)9-7-14-6-8-16-13-20(11-10-15(16)12-14)18(22)24-19(2,3)4/h6-9,12H,5,10-11,13H2,1-4H3/b9-7+. The maximum atomic E-state index is 12.2. The van der Waals surface area contributed by atoms with Crippen molar-refractivity contribution in [3.63, 3.8) is 0 Å². The van der Waals surface area contributed by atoms with Gasteiger partial charge < -0.3 is 14.4 Å². The zero-order valence-corrected chi connectivity index (χ0v) is 14.8. The predicted molar refractivity (Wildman–Crippen MR) is 92.5 cm³/mol. The molecule has 1 heterocycles. The van der Waals surface area contributed by atoms with Gasteiger partial charge in [0.05, 0.1) is 6.61 Å². The number of esters is 1. The molecule has 0 aromatic heterocycles. The zero-order chi connectivity index (χ0) is 17.7. The quantitative estimate of drug-likeness (QED) is 0.628. The van der Waals surface area contributed by atoms with Crippen molar-refractivity contribution >= 4 is 18.1 Å². The lowest BCUT2D eigenvalue weighted by atomic mass is 9.97. The molecule has 1 aliphatic rings. The van der Waals surface area contributed by atoms with E-state index in [-0.39, 0.29) is 12.1 Å². The van der Waals surface area contributed by atoms with Gasteiger partial charge in [0, 0.05) is 19.2 Å². The van der Waals surface area contributed by atoms with Crippen molar-refractivity contribution in [2.45, 2.75) is 46.3 Å². The highest BCUT2D eigenvalue weighted by molar-refractivity contribution is 5.87. The Morgan fingerprint density at radius 3 is 2.67 bits per heavy atom. The molecule has 2 rings (SSSR count). The van der Waals surface area contributed by atoms with Crippen molar-refractivity contribution in [2.24, 2.45) is 0 Å². The van der Waals surface area contributed by atoms with Gasteiger partial charge in [-0.1, -0.05) is 18.2 Å². The number of hydrogen-bond acceptors (Lipinski definition) is 4. The molecule has 0 saturated carbocycles. The van der Waals surface area contributed by atoms with E-state index in [1.807, 2.05) is 32.9 Å². The Hall–Kier alpha value is -2.30. The van der Waals surface area contributed by atoms with Crippen LogP contribution in [-0.2, 0) is 27.2 Å². The number of hydrogen-bond donors (Lipinski definition) is 0. The molecule has 0 atom stereocenters. The van der Waals surface area contributed by atoms with Crippen LogP contribution >= 0.6 is 0 Å². The Bertz CT molecular complexity index is 643. The second-order valence-corrected chi connectivity index (χ2v) is 6.77. The van der Waals surface area contributed by atoms with E-state index in [1.54, 1.807) is 17.9 Å². The van der Waals surface area contributed by atoms with E-state index in [0.717, 1.165) is 17.5 Å². The summed E-state index contributed by atoms with van der Waals surface area (Å²) in [4.78, 5) is 25.3. The lowest BCUT2D eigenvalue weighted by Crippen LogP contribution is -2.39. The molecule has 0 N–H and O–H groups in total. The van der Waals surface area contributed by atoms with Crippen LogP contribution in [0.2, 0.25) is 0 Å². The summed E-state index contributed by atoms with van der Waals surface area (Å²) in [6.45, 7) is 8.93. The molecule has 1 aliphatic heterocycles. The third-order valence-corrected chi connectivity index (χ3v) is 3.59. The minimum absolute atomic E-state index is 0.278. The summed E-state index contributed by atoms with van der Waals surface area (Å²) >= 11 is 0. The van der Waals surface area contributed by atoms with Crippen molar-refractivity contribution in [1.82, 2.24) is 4.90 Å². The van der Waals surface area contributed by atoms with Gasteiger partial charge in [-0.2, -0.15) is 0 Å². The third-order valence-electron chi connectivity index (χ3n) is 3.59. The number of nitrogens with zero attached hydrogens (tertiary/aromatic N) is 1. The first kappa shape index (κ1) is 18.0. The highest BCUT2D eigenvalue weighted by Gasteiger charge is 2.25. The van der Waals surface area contributed by atoms with Gasteiger partial charge >= 0.3 is 12.1 Å². The van der Waals surface area contributed by atoms with Crippen molar-refractivity contribution in [3.05, 3.63) is 41.0 Å². The topological polar surface area (TPSA) is 55.8 Å². The lowest BCUT2D eigenvalue weighted by Gasteiger charge is -2.31. The molecule has 1 amide bonds. The van der Waals surface area contributed by atoms with Gasteiger partial charge in [0.2, 0.25) is 0 Å². The monoisotopic (exact) mass is 331 g/mol. The van der Waals surface area contributed by atoms with Gasteiger partial charge in [0.25, 0.3) is 0 Å². The van der Waals surface area contributed by atoms with E-state index in [0.29, 0.717) is 19.7 Å². The molecule has 0 saturated heterocycles. The molecule has 0 spiro atoms. The summed E-state index contributed by atoms with van der Waals surface area (Å²) in [5, 5.41) is 0. The largest absolute Gasteiger partial charge is 0.463 e. The minimum Gasteiger partial charge on any atom is -0.463 e. The Kier molecular flexibility index (Phi) is 5.65. The van der Waals surface area contributed by atoms with Crippen LogP contribution in [-0.4, -0.2) is 35.7 Å². The minimum atomic E-state index is -0.487. The van der Waals surface area contributed by atoms with Crippen molar-refractivity contribution in [3.8, 4) is 0 Å². The molecule has 5 nitrogen and oxygen atoms in total. The SMILES string of the molecule is CCOC(=O)/C=C/c1ccc2c(c1)CCN(C(=O)OC(C)(C)C)C2. The van der Waals surface area contributed by atoms with Crippen LogP contribution in [0.25, 0.3) is 6.08 Å². The molecular formula is C19H25NO4. The second kappa shape index (κ2) is 7.51. The Morgan fingerprint density at radius 1 is 1.25 bits per heavy atom. The third kappa shape index (κ3) is 5.11. The van der Waals surface area contributed by atoms with Crippen LogP contribution < -0.4 is 0 Å². The molecule has 0 bridgehead atoms. The van der Waals surface area contributed by atoms with Crippen LogP contribution in [0.5, 0.6) is 0 Å². The molecule has 130 valence electrons. The molecule has 0 fully saturated rings. The van der Waals surface area contributed by atoms with Crippen LogP contribution in [0.1, 0.15) is 44.4 Å². The molecule has 0 radical (unpaired) electrons. The normalized spacial score (nSPS) is 14.4. The number of benzene rings is 1. The molecule has 24 heavy (non-hydrogen) atoms. The molecule has 1 aromatic carbocycles. The number of fused-ring (bicyclic) bond motifs is 1. The fourth-order valence-electron chi connectivity index (χ4n) is 2.51. The van der Waals surface area contributed by atoms with Crippen LogP contribution in [0.4, 0.5) is 4.79 Å². The first-order chi connectivity index (χ1) is 11.3. The summed E-state index contributed by atoms with van der Waals surface area (Å²) in [6.07, 6.45) is 3.68. The Morgan fingerprint density at radius 2 is 2.00 bits per heavy atom. The number of carbonyl (C=O) groups excluding carboxylic acids is 2. The predicted octanol–water partition coefficient (Wildman–Crippen LogP) is 3.56. The maximum absolute atomic E-state index is 12.2. The summed E-state index contributed by atoms with van der Waals surface area (Å²) in [6, 6.07) is 5.99. The van der Waals surface area contributed by atoms with Gasteiger partial charge in [-0.25, -0.2) is 9.59 Å². The zero-order valence-electron chi connectivity index (χ0n) is 14.8. The number of rotatable bonds is 3. The van der Waals surface area contributed by atoms with Crippen molar-refractivity contribution < 1.29 is 19.1 Å².